The summed E-state index contributed by atoms with van der Waals surface area (Å²) in [5.74, 6) is 1.28. The average molecular weight is 256 g/mol. The van der Waals surface area contributed by atoms with E-state index in [2.05, 4.69) is 11.8 Å². The molecule has 0 aromatic heterocycles. The molecule has 2 fully saturated rings. The summed E-state index contributed by atoms with van der Waals surface area (Å²) in [7, 11) is 1.80. The molecule has 2 aliphatic rings. The van der Waals surface area contributed by atoms with E-state index in [1.54, 1.807) is 7.11 Å². The second kappa shape index (κ2) is 6.33. The molecule has 0 bridgehead atoms. The number of hydrogen-bond acceptors (Lipinski definition) is 4. The molecule has 0 amide bonds. The third-order valence-corrected chi connectivity index (χ3v) is 4.97. The molecule has 3 atom stereocenters. The molecule has 0 aliphatic carbocycles. The van der Waals surface area contributed by atoms with Gasteiger partial charge in [-0.05, 0) is 31.7 Å². The van der Waals surface area contributed by atoms with Crippen LogP contribution in [0.25, 0.3) is 0 Å². The molecule has 2 saturated heterocycles. The van der Waals surface area contributed by atoms with E-state index in [1.807, 2.05) is 0 Å². The Balaban J connectivity index is 2.05. The van der Waals surface area contributed by atoms with Gasteiger partial charge < -0.3 is 15.2 Å². The lowest BCUT2D eigenvalue weighted by Crippen LogP contribution is -2.58. The molecule has 0 aromatic carbocycles. The van der Waals surface area contributed by atoms with Gasteiger partial charge in [0.05, 0.1) is 13.2 Å². The van der Waals surface area contributed by atoms with Gasteiger partial charge in [0.2, 0.25) is 0 Å². The smallest absolute Gasteiger partial charge is 0.0513 e. The van der Waals surface area contributed by atoms with Crippen LogP contribution in [0.1, 0.15) is 26.2 Å². The number of likely N-dealkylation sites (tertiary alicyclic amines) is 1. The first kappa shape index (κ1) is 14.3. The van der Waals surface area contributed by atoms with Crippen LogP contribution in [0.4, 0.5) is 0 Å². The fourth-order valence-electron chi connectivity index (χ4n) is 3.78. The third-order valence-electron chi connectivity index (χ3n) is 4.97. The van der Waals surface area contributed by atoms with Crippen molar-refractivity contribution in [1.29, 1.82) is 0 Å². The molecular formula is C14H28N2O2. The molecular weight excluding hydrogens is 228 g/mol. The van der Waals surface area contributed by atoms with E-state index in [4.69, 9.17) is 15.2 Å². The molecule has 2 rings (SSSR count). The minimum atomic E-state index is 0.152. The number of nitrogens with two attached hydrogens (primary N) is 1. The lowest BCUT2D eigenvalue weighted by atomic mass is 9.79. The molecule has 4 heteroatoms. The SMILES string of the molecule is CCC(CN)(C1CCOC1)N1CCC(COC)C1. The molecule has 3 unspecified atom stereocenters. The lowest BCUT2D eigenvalue weighted by Gasteiger charge is -2.45. The highest BCUT2D eigenvalue weighted by Crippen LogP contribution is 2.37. The monoisotopic (exact) mass is 256 g/mol. The highest BCUT2D eigenvalue weighted by Gasteiger charge is 2.45. The molecule has 0 radical (unpaired) electrons. The summed E-state index contributed by atoms with van der Waals surface area (Å²) in [6.07, 6.45) is 3.52. The van der Waals surface area contributed by atoms with Crippen LogP contribution in [0.15, 0.2) is 0 Å². The van der Waals surface area contributed by atoms with Crippen LogP contribution < -0.4 is 5.73 Å². The summed E-state index contributed by atoms with van der Waals surface area (Å²) in [5, 5.41) is 0. The first-order valence-corrected chi connectivity index (χ1v) is 7.28. The summed E-state index contributed by atoms with van der Waals surface area (Å²) in [6.45, 7) is 7.98. The van der Waals surface area contributed by atoms with Gasteiger partial charge in [0.15, 0.2) is 0 Å². The van der Waals surface area contributed by atoms with Gasteiger partial charge in [-0.2, -0.15) is 0 Å². The van der Waals surface area contributed by atoms with Crippen molar-refractivity contribution in [2.45, 2.75) is 31.7 Å². The zero-order chi connectivity index (χ0) is 13.0. The van der Waals surface area contributed by atoms with Gasteiger partial charge in [-0.3, -0.25) is 4.90 Å². The van der Waals surface area contributed by atoms with Gasteiger partial charge in [0, 0.05) is 38.3 Å². The van der Waals surface area contributed by atoms with E-state index in [1.165, 1.54) is 6.42 Å². The third kappa shape index (κ3) is 2.57. The van der Waals surface area contributed by atoms with Crippen LogP contribution in [0.3, 0.4) is 0 Å². The van der Waals surface area contributed by atoms with Crippen LogP contribution in [0.5, 0.6) is 0 Å². The molecule has 106 valence electrons. The quantitative estimate of drug-likeness (QED) is 0.773. The second-order valence-electron chi connectivity index (χ2n) is 5.78. The Hall–Kier alpha value is -0.160. The van der Waals surface area contributed by atoms with Gasteiger partial charge in [0.25, 0.3) is 0 Å². The summed E-state index contributed by atoms with van der Waals surface area (Å²) in [5.41, 5.74) is 6.32. The van der Waals surface area contributed by atoms with E-state index in [-0.39, 0.29) is 5.54 Å². The number of rotatable bonds is 6. The summed E-state index contributed by atoms with van der Waals surface area (Å²) < 4.78 is 10.9. The minimum absolute atomic E-state index is 0.152. The summed E-state index contributed by atoms with van der Waals surface area (Å²) in [4.78, 5) is 2.62. The number of methoxy groups -OCH3 is 1. The highest BCUT2D eigenvalue weighted by atomic mass is 16.5. The minimum Gasteiger partial charge on any atom is -0.384 e. The van der Waals surface area contributed by atoms with Gasteiger partial charge in [-0.25, -0.2) is 0 Å². The lowest BCUT2D eigenvalue weighted by molar-refractivity contribution is 0.0389. The normalized spacial score (nSPS) is 32.8. The molecule has 18 heavy (non-hydrogen) atoms. The Bertz CT molecular complexity index is 250. The van der Waals surface area contributed by atoms with E-state index < -0.39 is 0 Å². The van der Waals surface area contributed by atoms with E-state index in [9.17, 15) is 0 Å². The topological polar surface area (TPSA) is 47.7 Å². The Kier molecular flexibility index (Phi) is 5.01. The van der Waals surface area contributed by atoms with Crippen molar-refractivity contribution in [3.63, 3.8) is 0 Å². The molecule has 0 aromatic rings. The molecule has 4 nitrogen and oxygen atoms in total. The molecule has 2 N–H and O–H groups in total. The largest absolute Gasteiger partial charge is 0.384 e. The molecule has 0 spiro atoms. The maximum absolute atomic E-state index is 6.17. The van der Waals surface area contributed by atoms with Gasteiger partial charge >= 0.3 is 0 Å². The predicted molar refractivity (Wildman–Crippen MR) is 72.6 cm³/mol. The predicted octanol–water partition coefficient (Wildman–Crippen LogP) is 1.10. The zero-order valence-electron chi connectivity index (χ0n) is 11.9. The van der Waals surface area contributed by atoms with Crippen LogP contribution in [-0.4, -0.2) is 57.0 Å². The fraction of sp³-hybridized carbons (Fsp3) is 1.00. The van der Waals surface area contributed by atoms with Gasteiger partial charge in [0.1, 0.15) is 0 Å². The van der Waals surface area contributed by atoms with Crippen molar-refractivity contribution in [3.05, 3.63) is 0 Å². The van der Waals surface area contributed by atoms with Crippen molar-refractivity contribution in [3.8, 4) is 0 Å². The first-order chi connectivity index (χ1) is 8.76. The molecule has 0 saturated carbocycles. The molecule has 2 aliphatic heterocycles. The Morgan fingerprint density at radius 1 is 1.44 bits per heavy atom. The van der Waals surface area contributed by atoms with Gasteiger partial charge in [-0.1, -0.05) is 6.92 Å². The van der Waals surface area contributed by atoms with Crippen molar-refractivity contribution in [2.24, 2.45) is 17.6 Å². The van der Waals surface area contributed by atoms with Crippen molar-refractivity contribution >= 4 is 0 Å². The highest BCUT2D eigenvalue weighted by molar-refractivity contribution is 5.00. The van der Waals surface area contributed by atoms with E-state index in [0.717, 1.165) is 52.3 Å². The fourth-order valence-corrected chi connectivity index (χ4v) is 3.78. The van der Waals surface area contributed by atoms with E-state index >= 15 is 0 Å². The number of ether oxygens (including phenoxy) is 2. The van der Waals surface area contributed by atoms with Crippen molar-refractivity contribution in [1.82, 2.24) is 4.90 Å². The van der Waals surface area contributed by atoms with Crippen molar-refractivity contribution in [2.75, 3.05) is 46.6 Å². The second-order valence-corrected chi connectivity index (χ2v) is 5.78. The Morgan fingerprint density at radius 3 is 2.83 bits per heavy atom. The number of hydrogen-bond donors (Lipinski definition) is 1. The maximum atomic E-state index is 6.17. The Labute approximate surface area is 111 Å². The number of nitrogens with zero attached hydrogens (tertiary/aromatic N) is 1. The first-order valence-electron chi connectivity index (χ1n) is 7.28. The van der Waals surface area contributed by atoms with Crippen molar-refractivity contribution < 1.29 is 9.47 Å². The van der Waals surface area contributed by atoms with Gasteiger partial charge in [-0.15, -0.1) is 0 Å². The summed E-state index contributed by atoms with van der Waals surface area (Å²) >= 11 is 0. The standard InChI is InChI=1S/C14H28N2O2/c1-3-14(11-15,13-5-7-18-10-13)16-6-4-12(8-16)9-17-2/h12-13H,3-11,15H2,1-2H3. The van der Waals surface area contributed by atoms with Crippen LogP contribution in [0.2, 0.25) is 0 Å². The average Bonchev–Trinajstić information content (AvgIpc) is 3.04. The van der Waals surface area contributed by atoms with E-state index in [0.29, 0.717) is 11.8 Å². The zero-order valence-corrected chi connectivity index (χ0v) is 11.9. The summed E-state index contributed by atoms with van der Waals surface area (Å²) in [6, 6.07) is 0. The van der Waals surface area contributed by atoms with Crippen LogP contribution in [-0.2, 0) is 9.47 Å². The molecule has 2 heterocycles. The maximum Gasteiger partial charge on any atom is 0.0513 e. The van der Waals surface area contributed by atoms with Crippen LogP contribution >= 0.6 is 0 Å². The van der Waals surface area contributed by atoms with Crippen LogP contribution in [0, 0.1) is 11.8 Å². The Morgan fingerprint density at radius 2 is 2.28 bits per heavy atom.